The average molecular weight is 393 g/mol. The van der Waals surface area contributed by atoms with Gasteiger partial charge in [-0.05, 0) is 26.7 Å². The SMILES string of the molecule is CC(=O)NC1(c2noc(CCC(=O)N3CC(C)OCC3C)n2)CCCCCC1. The van der Waals surface area contributed by atoms with E-state index < -0.39 is 5.54 Å². The second-order valence-corrected chi connectivity index (χ2v) is 8.23. The predicted octanol–water partition coefficient (Wildman–Crippen LogP) is 2.32. The van der Waals surface area contributed by atoms with Crippen LogP contribution in [0.2, 0.25) is 0 Å². The Morgan fingerprint density at radius 3 is 2.61 bits per heavy atom. The molecule has 156 valence electrons. The average Bonchev–Trinajstić information content (AvgIpc) is 3.02. The van der Waals surface area contributed by atoms with Gasteiger partial charge in [0.2, 0.25) is 17.7 Å². The first-order valence-electron chi connectivity index (χ1n) is 10.4. The molecule has 1 aliphatic heterocycles. The van der Waals surface area contributed by atoms with Gasteiger partial charge in [-0.3, -0.25) is 9.59 Å². The molecule has 2 atom stereocenters. The number of nitrogens with one attached hydrogen (secondary N) is 1. The third-order valence-corrected chi connectivity index (χ3v) is 5.75. The minimum atomic E-state index is -0.553. The summed E-state index contributed by atoms with van der Waals surface area (Å²) in [7, 11) is 0. The quantitative estimate of drug-likeness (QED) is 0.773. The van der Waals surface area contributed by atoms with Crippen molar-refractivity contribution in [3.63, 3.8) is 0 Å². The van der Waals surface area contributed by atoms with E-state index in [1.54, 1.807) is 0 Å². The highest BCUT2D eigenvalue weighted by Crippen LogP contribution is 2.34. The first kappa shape index (κ1) is 20.8. The van der Waals surface area contributed by atoms with E-state index in [-0.39, 0.29) is 24.0 Å². The highest BCUT2D eigenvalue weighted by atomic mass is 16.5. The number of amides is 2. The van der Waals surface area contributed by atoms with Crippen LogP contribution in [0.5, 0.6) is 0 Å². The van der Waals surface area contributed by atoms with E-state index in [0.717, 1.165) is 38.5 Å². The van der Waals surface area contributed by atoms with Crippen molar-refractivity contribution < 1.29 is 18.8 Å². The van der Waals surface area contributed by atoms with Gasteiger partial charge in [0.25, 0.3) is 0 Å². The smallest absolute Gasteiger partial charge is 0.227 e. The second kappa shape index (κ2) is 9.03. The first-order valence-corrected chi connectivity index (χ1v) is 10.4. The van der Waals surface area contributed by atoms with Crippen LogP contribution < -0.4 is 5.32 Å². The number of rotatable bonds is 5. The van der Waals surface area contributed by atoms with Crippen LogP contribution in [0.15, 0.2) is 4.52 Å². The van der Waals surface area contributed by atoms with Crippen LogP contribution in [0.3, 0.4) is 0 Å². The molecule has 3 rings (SSSR count). The molecule has 1 N–H and O–H groups in total. The van der Waals surface area contributed by atoms with Crippen LogP contribution in [-0.4, -0.2) is 52.2 Å². The number of hydrogen-bond acceptors (Lipinski definition) is 6. The van der Waals surface area contributed by atoms with Gasteiger partial charge in [-0.2, -0.15) is 4.98 Å². The lowest BCUT2D eigenvalue weighted by molar-refractivity contribution is -0.143. The molecule has 2 heterocycles. The summed E-state index contributed by atoms with van der Waals surface area (Å²) in [5.41, 5.74) is -0.553. The molecule has 8 heteroatoms. The van der Waals surface area contributed by atoms with E-state index >= 15 is 0 Å². The molecule has 1 saturated carbocycles. The summed E-state index contributed by atoms with van der Waals surface area (Å²) in [4.78, 5) is 30.8. The normalized spacial score (nSPS) is 25.2. The summed E-state index contributed by atoms with van der Waals surface area (Å²) in [5, 5.41) is 7.26. The Labute approximate surface area is 166 Å². The number of aromatic nitrogens is 2. The Hall–Kier alpha value is -1.96. The summed E-state index contributed by atoms with van der Waals surface area (Å²) in [6.45, 7) is 6.68. The zero-order chi connectivity index (χ0) is 20.1. The van der Waals surface area contributed by atoms with E-state index in [1.807, 2.05) is 18.7 Å². The number of carbonyl (C=O) groups excluding carboxylic acids is 2. The molecule has 2 unspecified atom stereocenters. The predicted molar refractivity (Wildman–Crippen MR) is 102 cm³/mol. The Bertz CT molecular complexity index is 682. The van der Waals surface area contributed by atoms with E-state index in [9.17, 15) is 9.59 Å². The van der Waals surface area contributed by atoms with Gasteiger partial charge in [-0.15, -0.1) is 0 Å². The maximum atomic E-state index is 12.6. The van der Waals surface area contributed by atoms with Crippen molar-refractivity contribution in [1.82, 2.24) is 20.4 Å². The minimum absolute atomic E-state index is 0.0582. The largest absolute Gasteiger partial charge is 0.375 e. The maximum absolute atomic E-state index is 12.6. The van der Waals surface area contributed by atoms with Crippen LogP contribution in [0.4, 0.5) is 0 Å². The van der Waals surface area contributed by atoms with Gasteiger partial charge in [-0.25, -0.2) is 0 Å². The van der Waals surface area contributed by atoms with Crippen molar-refractivity contribution in [1.29, 1.82) is 0 Å². The summed E-state index contributed by atoms with van der Waals surface area (Å²) in [6.07, 6.45) is 6.76. The van der Waals surface area contributed by atoms with Crippen molar-refractivity contribution in [2.75, 3.05) is 13.2 Å². The Morgan fingerprint density at radius 1 is 1.21 bits per heavy atom. The topological polar surface area (TPSA) is 97.6 Å². The lowest BCUT2D eigenvalue weighted by Gasteiger charge is -2.36. The minimum Gasteiger partial charge on any atom is -0.375 e. The molecule has 0 spiro atoms. The molecule has 0 aromatic carbocycles. The first-order chi connectivity index (χ1) is 13.4. The molecule has 0 bridgehead atoms. The number of ether oxygens (including phenoxy) is 1. The number of aryl methyl sites for hydroxylation is 1. The van der Waals surface area contributed by atoms with Crippen molar-refractivity contribution in [3.05, 3.63) is 11.7 Å². The summed E-state index contributed by atoms with van der Waals surface area (Å²) < 4.78 is 11.0. The van der Waals surface area contributed by atoms with Crippen molar-refractivity contribution in [2.45, 2.75) is 89.8 Å². The lowest BCUT2D eigenvalue weighted by Crippen LogP contribution is -2.50. The monoisotopic (exact) mass is 392 g/mol. The molecule has 8 nitrogen and oxygen atoms in total. The number of nitrogens with zero attached hydrogens (tertiary/aromatic N) is 3. The third-order valence-electron chi connectivity index (χ3n) is 5.75. The molecule has 1 aliphatic carbocycles. The van der Waals surface area contributed by atoms with E-state index in [4.69, 9.17) is 9.26 Å². The molecule has 2 fully saturated rings. The lowest BCUT2D eigenvalue weighted by atomic mass is 9.89. The molecule has 2 amide bonds. The number of hydrogen-bond donors (Lipinski definition) is 1. The van der Waals surface area contributed by atoms with Gasteiger partial charge in [0.1, 0.15) is 5.54 Å². The fraction of sp³-hybridized carbons (Fsp3) is 0.800. The highest BCUT2D eigenvalue weighted by molar-refractivity contribution is 5.76. The molecule has 0 radical (unpaired) electrons. The third kappa shape index (κ3) is 4.90. The van der Waals surface area contributed by atoms with Crippen LogP contribution in [0.25, 0.3) is 0 Å². The van der Waals surface area contributed by atoms with Crippen LogP contribution in [-0.2, 0) is 26.3 Å². The molecule has 28 heavy (non-hydrogen) atoms. The van der Waals surface area contributed by atoms with Crippen molar-refractivity contribution >= 4 is 11.8 Å². The zero-order valence-electron chi connectivity index (χ0n) is 17.2. The van der Waals surface area contributed by atoms with E-state index in [2.05, 4.69) is 15.5 Å². The van der Waals surface area contributed by atoms with Gasteiger partial charge < -0.3 is 19.5 Å². The van der Waals surface area contributed by atoms with Gasteiger partial charge in [0.15, 0.2) is 5.82 Å². The molecule has 1 aromatic heterocycles. The molecule has 1 saturated heterocycles. The molecule has 1 aromatic rings. The summed E-state index contributed by atoms with van der Waals surface area (Å²) in [6, 6.07) is 0.0796. The maximum Gasteiger partial charge on any atom is 0.227 e. The molecule has 2 aliphatic rings. The number of carbonyl (C=O) groups is 2. The Morgan fingerprint density at radius 2 is 1.93 bits per heavy atom. The summed E-state index contributed by atoms with van der Waals surface area (Å²) >= 11 is 0. The fourth-order valence-electron chi connectivity index (χ4n) is 4.23. The second-order valence-electron chi connectivity index (χ2n) is 8.23. The molecular formula is C20H32N4O4. The van der Waals surface area contributed by atoms with Gasteiger partial charge >= 0.3 is 0 Å². The van der Waals surface area contributed by atoms with Crippen LogP contribution >= 0.6 is 0 Å². The number of morpholine rings is 1. The van der Waals surface area contributed by atoms with Gasteiger partial charge in [-0.1, -0.05) is 30.8 Å². The van der Waals surface area contributed by atoms with Crippen molar-refractivity contribution in [3.8, 4) is 0 Å². The standard InChI is InChI=1S/C20H32N4O4/c1-14-13-27-15(2)12-24(14)18(26)9-8-17-21-19(23-28-17)20(22-16(3)25)10-6-4-5-7-11-20/h14-15H,4-13H2,1-3H3,(H,22,25). The fourth-order valence-corrected chi connectivity index (χ4v) is 4.23. The zero-order valence-corrected chi connectivity index (χ0v) is 17.2. The highest BCUT2D eigenvalue weighted by Gasteiger charge is 2.38. The van der Waals surface area contributed by atoms with Crippen LogP contribution in [0.1, 0.15) is 77.4 Å². The Balaban J connectivity index is 1.65. The van der Waals surface area contributed by atoms with E-state index in [0.29, 0.717) is 37.7 Å². The van der Waals surface area contributed by atoms with Gasteiger partial charge in [0.05, 0.1) is 18.8 Å². The molecular weight excluding hydrogens is 360 g/mol. The van der Waals surface area contributed by atoms with Crippen molar-refractivity contribution in [2.24, 2.45) is 0 Å². The Kier molecular flexibility index (Phi) is 6.69. The van der Waals surface area contributed by atoms with Crippen LogP contribution in [0, 0.1) is 0 Å². The van der Waals surface area contributed by atoms with Gasteiger partial charge in [0, 0.05) is 26.3 Å². The van der Waals surface area contributed by atoms with E-state index in [1.165, 1.54) is 6.92 Å². The summed E-state index contributed by atoms with van der Waals surface area (Å²) in [5.74, 6) is 0.985.